The fraction of sp³-hybridized carbons (Fsp3) is 0.478. The zero-order valence-corrected chi connectivity index (χ0v) is 20.2. The van der Waals surface area contributed by atoms with Gasteiger partial charge in [0.1, 0.15) is 5.60 Å². The molecule has 0 aliphatic carbocycles. The molecule has 0 saturated heterocycles. The van der Waals surface area contributed by atoms with Crippen molar-refractivity contribution in [3.05, 3.63) is 46.0 Å². The standard InChI is InChI=1S/C23H30N4O4S/c1-22(2,3)26-19(29)15-9-7-14(8-10-15)18(28)25-20-24-16-11-12-27(13-17(16)32-20)21(30)31-23(4,5)6/h7-10H,11-13H2,1-6H3,(H,26,29)(H,24,25,28). The Balaban J connectivity index is 1.62. The van der Waals surface area contributed by atoms with Crippen molar-refractivity contribution in [1.82, 2.24) is 15.2 Å². The molecule has 9 heteroatoms. The molecule has 2 heterocycles. The molecule has 2 aromatic rings. The number of benzene rings is 1. The second kappa shape index (κ2) is 8.90. The molecule has 1 aliphatic rings. The van der Waals surface area contributed by atoms with Crippen LogP contribution in [0.2, 0.25) is 0 Å². The summed E-state index contributed by atoms with van der Waals surface area (Å²) >= 11 is 1.36. The number of carbonyl (C=O) groups excluding carboxylic acids is 3. The molecule has 0 atom stereocenters. The third kappa shape index (κ3) is 6.29. The number of aromatic nitrogens is 1. The summed E-state index contributed by atoms with van der Waals surface area (Å²) < 4.78 is 5.45. The van der Waals surface area contributed by atoms with Gasteiger partial charge in [-0.3, -0.25) is 14.9 Å². The summed E-state index contributed by atoms with van der Waals surface area (Å²) in [6.45, 7) is 12.2. The monoisotopic (exact) mass is 458 g/mol. The minimum absolute atomic E-state index is 0.188. The second-order valence-electron chi connectivity index (χ2n) is 9.78. The summed E-state index contributed by atoms with van der Waals surface area (Å²) in [5.74, 6) is -0.491. The van der Waals surface area contributed by atoms with Crippen LogP contribution in [0.5, 0.6) is 0 Å². The van der Waals surface area contributed by atoms with Crippen LogP contribution in [0.4, 0.5) is 9.93 Å². The predicted octanol–water partition coefficient (Wildman–Crippen LogP) is 4.22. The van der Waals surface area contributed by atoms with Crippen LogP contribution >= 0.6 is 11.3 Å². The molecule has 1 aliphatic heterocycles. The van der Waals surface area contributed by atoms with E-state index in [1.165, 1.54) is 11.3 Å². The summed E-state index contributed by atoms with van der Waals surface area (Å²) in [6, 6.07) is 6.48. The third-order valence-corrected chi connectivity index (χ3v) is 5.50. The Morgan fingerprint density at radius 3 is 2.16 bits per heavy atom. The van der Waals surface area contributed by atoms with Gasteiger partial charge in [-0.15, -0.1) is 0 Å². The lowest BCUT2D eigenvalue weighted by atomic mass is 10.1. The number of hydrogen-bond acceptors (Lipinski definition) is 6. The lowest BCUT2D eigenvalue weighted by Gasteiger charge is -2.29. The molecule has 172 valence electrons. The van der Waals surface area contributed by atoms with Gasteiger partial charge in [-0.25, -0.2) is 9.78 Å². The number of ether oxygens (including phenoxy) is 1. The van der Waals surface area contributed by atoms with E-state index in [1.807, 2.05) is 41.5 Å². The maximum Gasteiger partial charge on any atom is 0.410 e. The minimum Gasteiger partial charge on any atom is -0.444 e. The number of rotatable bonds is 3. The summed E-state index contributed by atoms with van der Waals surface area (Å²) in [4.78, 5) is 44.3. The van der Waals surface area contributed by atoms with Crippen LogP contribution in [-0.2, 0) is 17.7 Å². The summed E-state index contributed by atoms with van der Waals surface area (Å²) in [5, 5.41) is 6.20. The van der Waals surface area contributed by atoms with Crippen molar-refractivity contribution in [1.29, 1.82) is 0 Å². The first-order valence-electron chi connectivity index (χ1n) is 10.5. The fourth-order valence-corrected chi connectivity index (χ4v) is 4.11. The summed E-state index contributed by atoms with van der Waals surface area (Å²) in [7, 11) is 0. The SMILES string of the molecule is CC(C)(C)NC(=O)c1ccc(C(=O)Nc2nc3c(s2)CN(C(=O)OC(C)(C)C)CC3)cc1. The van der Waals surface area contributed by atoms with Gasteiger partial charge in [0.25, 0.3) is 11.8 Å². The van der Waals surface area contributed by atoms with E-state index in [-0.39, 0.29) is 23.4 Å². The van der Waals surface area contributed by atoms with Crippen molar-refractivity contribution in [2.45, 2.75) is 65.6 Å². The van der Waals surface area contributed by atoms with Crippen molar-refractivity contribution in [2.75, 3.05) is 11.9 Å². The molecule has 0 fully saturated rings. The van der Waals surface area contributed by atoms with Crippen LogP contribution < -0.4 is 10.6 Å². The van der Waals surface area contributed by atoms with Gasteiger partial charge in [0.2, 0.25) is 0 Å². The molecule has 8 nitrogen and oxygen atoms in total. The fourth-order valence-electron chi connectivity index (χ4n) is 3.09. The summed E-state index contributed by atoms with van der Waals surface area (Å²) in [5.41, 5.74) is 0.923. The Kier molecular flexibility index (Phi) is 6.59. The van der Waals surface area contributed by atoms with Gasteiger partial charge in [-0.05, 0) is 65.8 Å². The Morgan fingerprint density at radius 1 is 1.00 bits per heavy atom. The van der Waals surface area contributed by atoms with E-state index in [1.54, 1.807) is 29.2 Å². The Bertz CT molecular complexity index is 1020. The van der Waals surface area contributed by atoms with Gasteiger partial charge >= 0.3 is 6.09 Å². The second-order valence-corrected chi connectivity index (χ2v) is 10.9. The van der Waals surface area contributed by atoms with Gasteiger partial charge < -0.3 is 15.0 Å². The molecule has 32 heavy (non-hydrogen) atoms. The highest BCUT2D eigenvalue weighted by molar-refractivity contribution is 7.15. The number of nitrogens with zero attached hydrogens (tertiary/aromatic N) is 2. The largest absolute Gasteiger partial charge is 0.444 e. The highest BCUT2D eigenvalue weighted by Gasteiger charge is 2.28. The van der Waals surface area contributed by atoms with Crippen molar-refractivity contribution in [3.8, 4) is 0 Å². The molecule has 0 saturated carbocycles. The highest BCUT2D eigenvalue weighted by Crippen LogP contribution is 2.29. The van der Waals surface area contributed by atoms with E-state index in [4.69, 9.17) is 4.74 Å². The quantitative estimate of drug-likeness (QED) is 0.717. The molecule has 0 spiro atoms. The molecule has 1 aromatic carbocycles. The normalized spacial score (nSPS) is 13.9. The smallest absolute Gasteiger partial charge is 0.410 e. The van der Waals surface area contributed by atoms with E-state index in [0.29, 0.717) is 35.8 Å². The average molecular weight is 459 g/mol. The van der Waals surface area contributed by atoms with E-state index in [9.17, 15) is 14.4 Å². The lowest BCUT2D eigenvalue weighted by molar-refractivity contribution is 0.0225. The Hall–Kier alpha value is -2.94. The Morgan fingerprint density at radius 2 is 1.59 bits per heavy atom. The van der Waals surface area contributed by atoms with Crippen LogP contribution in [0.25, 0.3) is 0 Å². The van der Waals surface area contributed by atoms with E-state index in [2.05, 4.69) is 15.6 Å². The van der Waals surface area contributed by atoms with Crippen molar-refractivity contribution in [3.63, 3.8) is 0 Å². The highest BCUT2D eigenvalue weighted by atomic mass is 32.1. The van der Waals surface area contributed by atoms with Crippen LogP contribution in [0.3, 0.4) is 0 Å². The minimum atomic E-state index is -0.548. The molecule has 2 N–H and O–H groups in total. The van der Waals surface area contributed by atoms with Gasteiger partial charge in [0, 0.05) is 34.5 Å². The van der Waals surface area contributed by atoms with Crippen molar-refractivity contribution >= 4 is 34.4 Å². The van der Waals surface area contributed by atoms with Crippen LogP contribution in [0.1, 0.15) is 72.8 Å². The van der Waals surface area contributed by atoms with Crippen molar-refractivity contribution in [2.24, 2.45) is 0 Å². The lowest BCUT2D eigenvalue weighted by Crippen LogP contribution is -2.40. The van der Waals surface area contributed by atoms with Crippen LogP contribution in [0.15, 0.2) is 24.3 Å². The predicted molar refractivity (Wildman–Crippen MR) is 124 cm³/mol. The molecule has 0 radical (unpaired) electrons. The average Bonchev–Trinajstić information content (AvgIpc) is 3.06. The number of hydrogen-bond donors (Lipinski definition) is 2. The number of fused-ring (bicyclic) bond motifs is 1. The molecular weight excluding hydrogens is 428 g/mol. The third-order valence-electron chi connectivity index (χ3n) is 4.50. The molecule has 1 aromatic heterocycles. The van der Waals surface area contributed by atoms with Gasteiger partial charge in [0.15, 0.2) is 5.13 Å². The zero-order chi connectivity index (χ0) is 23.7. The first-order valence-corrected chi connectivity index (χ1v) is 11.3. The Labute approximate surface area is 192 Å². The van der Waals surface area contributed by atoms with Crippen LogP contribution in [-0.4, -0.2) is 45.5 Å². The van der Waals surface area contributed by atoms with Gasteiger partial charge in [0.05, 0.1) is 12.2 Å². The first-order chi connectivity index (χ1) is 14.8. The molecular formula is C23H30N4O4S. The molecule has 3 rings (SSSR count). The number of nitrogens with one attached hydrogen (secondary N) is 2. The molecule has 3 amide bonds. The molecule has 0 bridgehead atoms. The number of anilines is 1. The molecule has 0 unspecified atom stereocenters. The number of carbonyl (C=O) groups is 3. The van der Waals surface area contributed by atoms with E-state index >= 15 is 0 Å². The number of thiazole rings is 1. The van der Waals surface area contributed by atoms with Gasteiger partial charge in [-0.2, -0.15) is 0 Å². The maximum atomic E-state index is 12.6. The van der Waals surface area contributed by atoms with Gasteiger partial charge in [-0.1, -0.05) is 11.3 Å². The van der Waals surface area contributed by atoms with E-state index < -0.39 is 5.60 Å². The summed E-state index contributed by atoms with van der Waals surface area (Å²) in [6.07, 6.45) is 0.260. The van der Waals surface area contributed by atoms with Crippen molar-refractivity contribution < 1.29 is 19.1 Å². The topological polar surface area (TPSA) is 101 Å². The zero-order valence-electron chi connectivity index (χ0n) is 19.4. The first kappa shape index (κ1) is 23.7. The van der Waals surface area contributed by atoms with E-state index in [0.717, 1.165) is 10.6 Å². The number of amides is 3. The van der Waals surface area contributed by atoms with Crippen LogP contribution in [0, 0.1) is 0 Å². The maximum absolute atomic E-state index is 12.6.